The highest BCUT2D eigenvalue weighted by atomic mass is 35.5. The molecule has 0 aliphatic heterocycles. The van der Waals surface area contributed by atoms with Crippen LogP contribution in [0.1, 0.15) is 19.4 Å². The molecule has 0 heterocycles. The summed E-state index contributed by atoms with van der Waals surface area (Å²) in [5.41, 5.74) is 0.367. The third-order valence-electron chi connectivity index (χ3n) is 2.64. The van der Waals surface area contributed by atoms with Gasteiger partial charge in [0.2, 0.25) is 0 Å². The maximum atomic E-state index is 11.8. The zero-order chi connectivity index (χ0) is 13.9. The van der Waals surface area contributed by atoms with Crippen LogP contribution in [0, 0.1) is 0 Å². The van der Waals surface area contributed by atoms with Crippen molar-refractivity contribution in [3.8, 4) is 0 Å². The Bertz CT molecular complexity index is 570. The molecule has 7 heteroatoms. The lowest BCUT2D eigenvalue weighted by atomic mass is 10.1. The Balaban J connectivity index is 3.28. The van der Waals surface area contributed by atoms with Crippen LogP contribution in [0.15, 0.2) is 23.4 Å². The third-order valence-corrected chi connectivity index (χ3v) is 5.29. The normalized spacial score (nSPS) is 14.6. The zero-order valence-electron chi connectivity index (χ0n) is 9.89. The first-order valence-electron chi connectivity index (χ1n) is 5.22. The lowest BCUT2D eigenvalue weighted by Gasteiger charge is -2.14. The summed E-state index contributed by atoms with van der Waals surface area (Å²) in [7, 11) is -3.37. The van der Waals surface area contributed by atoms with Gasteiger partial charge in [-0.1, -0.05) is 35.3 Å². The van der Waals surface area contributed by atoms with Crippen molar-refractivity contribution in [2.45, 2.75) is 19.1 Å². The number of oxime groups is 1. The summed E-state index contributed by atoms with van der Waals surface area (Å²) in [5.74, 6) is -0.0433. The van der Waals surface area contributed by atoms with Gasteiger partial charge < -0.3 is 5.21 Å². The van der Waals surface area contributed by atoms with Crippen molar-refractivity contribution in [2.75, 3.05) is 5.75 Å². The zero-order valence-corrected chi connectivity index (χ0v) is 12.2. The van der Waals surface area contributed by atoms with E-state index < -0.39 is 15.1 Å². The molecular weight excluding hydrogens is 297 g/mol. The summed E-state index contributed by atoms with van der Waals surface area (Å²) in [6.45, 7) is 2.99. The fourth-order valence-corrected chi connectivity index (χ4v) is 2.99. The van der Waals surface area contributed by atoms with Gasteiger partial charge in [0, 0.05) is 16.3 Å². The first kappa shape index (κ1) is 15.3. The molecule has 4 nitrogen and oxygen atoms in total. The van der Waals surface area contributed by atoms with Crippen molar-refractivity contribution < 1.29 is 13.6 Å². The molecule has 1 atom stereocenters. The molecule has 100 valence electrons. The van der Waals surface area contributed by atoms with E-state index in [1.807, 2.05) is 0 Å². The van der Waals surface area contributed by atoms with Gasteiger partial charge in [0.15, 0.2) is 9.84 Å². The van der Waals surface area contributed by atoms with Crippen molar-refractivity contribution in [1.29, 1.82) is 0 Å². The monoisotopic (exact) mass is 309 g/mol. The van der Waals surface area contributed by atoms with Crippen LogP contribution in [0.2, 0.25) is 10.0 Å². The fourth-order valence-electron chi connectivity index (χ4n) is 1.47. The van der Waals surface area contributed by atoms with Gasteiger partial charge >= 0.3 is 0 Å². The number of sulfone groups is 1. The minimum absolute atomic E-state index is 0.0125. The molecule has 0 aliphatic carbocycles. The minimum Gasteiger partial charge on any atom is -0.411 e. The van der Waals surface area contributed by atoms with Crippen LogP contribution in [-0.2, 0) is 9.84 Å². The summed E-state index contributed by atoms with van der Waals surface area (Å²) in [5, 5.41) is 11.8. The van der Waals surface area contributed by atoms with Crippen LogP contribution in [0.3, 0.4) is 0 Å². The van der Waals surface area contributed by atoms with Gasteiger partial charge in [-0.25, -0.2) is 8.42 Å². The van der Waals surface area contributed by atoms with Crippen molar-refractivity contribution in [3.63, 3.8) is 0 Å². The smallest absolute Gasteiger partial charge is 0.158 e. The highest BCUT2D eigenvalue weighted by Gasteiger charge is 2.27. The molecule has 1 aromatic rings. The molecule has 18 heavy (non-hydrogen) atoms. The van der Waals surface area contributed by atoms with E-state index in [0.29, 0.717) is 10.6 Å². The van der Waals surface area contributed by atoms with Gasteiger partial charge in [0.1, 0.15) is 11.0 Å². The average Bonchev–Trinajstić information content (AvgIpc) is 2.32. The highest BCUT2D eigenvalue weighted by Crippen LogP contribution is 2.24. The first-order valence-corrected chi connectivity index (χ1v) is 7.69. The van der Waals surface area contributed by atoms with Crippen LogP contribution in [0.5, 0.6) is 0 Å². The summed E-state index contributed by atoms with van der Waals surface area (Å²) >= 11 is 11.7. The molecule has 0 aliphatic rings. The van der Waals surface area contributed by atoms with Gasteiger partial charge in [-0.15, -0.1) is 0 Å². The van der Waals surface area contributed by atoms with E-state index in [4.69, 9.17) is 28.4 Å². The predicted octanol–water partition coefficient (Wildman–Crippen LogP) is 2.99. The van der Waals surface area contributed by atoms with Crippen molar-refractivity contribution in [1.82, 2.24) is 0 Å². The lowest BCUT2D eigenvalue weighted by molar-refractivity contribution is 0.318. The third kappa shape index (κ3) is 3.16. The molecule has 0 spiro atoms. The molecule has 1 N–H and O–H groups in total. The molecule has 0 saturated carbocycles. The standard InChI is InChI=1S/C11H13Cl2NO3S/c1-3-18(16,17)7(2)11(14-15)9-5-4-8(12)6-10(9)13/h4-7,15H,3H2,1-2H3/b14-11+/t7-/m0/s1. The highest BCUT2D eigenvalue weighted by molar-refractivity contribution is 7.92. The number of hydrogen-bond donors (Lipinski definition) is 1. The van der Waals surface area contributed by atoms with Crippen molar-refractivity contribution in [3.05, 3.63) is 33.8 Å². The summed E-state index contributed by atoms with van der Waals surface area (Å²) < 4.78 is 23.6. The van der Waals surface area contributed by atoms with Crippen LogP contribution in [0.4, 0.5) is 0 Å². The number of benzene rings is 1. The molecule has 0 bridgehead atoms. The Morgan fingerprint density at radius 3 is 2.50 bits per heavy atom. The molecule has 0 unspecified atom stereocenters. The molecule has 0 saturated heterocycles. The van der Waals surface area contributed by atoms with Gasteiger partial charge in [-0.05, 0) is 25.1 Å². The first-order chi connectivity index (χ1) is 8.33. The van der Waals surface area contributed by atoms with E-state index >= 15 is 0 Å². The number of halogens is 2. The number of rotatable bonds is 4. The lowest BCUT2D eigenvalue weighted by Crippen LogP contribution is -2.29. The van der Waals surface area contributed by atoms with Gasteiger partial charge in [0.05, 0.1) is 5.02 Å². The predicted molar refractivity (Wildman–Crippen MR) is 73.7 cm³/mol. The number of hydrogen-bond acceptors (Lipinski definition) is 4. The molecular formula is C11H13Cl2NO3S. The minimum atomic E-state index is -3.37. The molecule has 0 amide bonds. The Labute approximate surface area is 116 Å². The van der Waals surface area contributed by atoms with Crippen molar-refractivity contribution in [2.24, 2.45) is 5.16 Å². The summed E-state index contributed by atoms with van der Waals surface area (Å²) in [4.78, 5) is 0. The molecule has 1 rings (SSSR count). The van der Waals surface area contributed by atoms with E-state index in [-0.39, 0.29) is 16.5 Å². The van der Waals surface area contributed by atoms with Crippen LogP contribution >= 0.6 is 23.2 Å². The largest absolute Gasteiger partial charge is 0.411 e. The van der Waals surface area contributed by atoms with E-state index in [1.54, 1.807) is 6.07 Å². The van der Waals surface area contributed by atoms with Crippen LogP contribution in [0.25, 0.3) is 0 Å². The topological polar surface area (TPSA) is 66.7 Å². The van der Waals surface area contributed by atoms with Crippen LogP contribution < -0.4 is 0 Å². The molecule has 0 aromatic heterocycles. The fraction of sp³-hybridized carbons (Fsp3) is 0.364. The second-order valence-electron chi connectivity index (χ2n) is 3.70. The number of nitrogens with zero attached hydrogens (tertiary/aromatic N) is 1. The molecule has 0 radical (unpaired) electrons. The Morgan fingerprint density at radius 2 is 2.06 bits per heavy atom. The van der Waals surface area contributed by atoms with Gasteiger partial charge in [0.25, 0.3) is 0 Å². The Kier molecular flexibility index (Phi) is 5.01. The summed E-state index contributed by atoms with van der Waals surface area (Å²) in [6, 6.07) is 4.55. The molecule has 0 fully saturated rings. The van der Waals surface area contributed by atoms with Gasteiger partial charge in [-0.3, -0.25) is 0 Å². The van der Waals surface area contributed by atoms with Gasteiger partial charge in [-0.2, -0.15) is 0 Å². The second kappa shape index (κ2) is 5.91. The maximum Gasteiger partial charge on any atom is 0.158 e. The van der Waals surface area contributed by atoms with E-state index in [0.717, 1.165) is 0 Å². The quantitative estimate of drug-likeness (QED) is 0.528. The Morgan fingerprint density at radius 1 is 1.44 bits per heavy atom. The SMILES string of the molecule is CCS(=O)(=O)[C@@H](C)/C(=N\O)c1ccc(Cl)cc1Cl. The van der Waals surface area contributed by atoms with Crippen molar-refractivity contribution >= 4 is 38.8 Å². The second-order valence-corrected chi connectivity index (χ2v) is 7.16. The van der Waals surface area contributed by atoms with E-state index in [1.165, 1.54) is 26.0 Å². The summed E-state index contributed by atoms with van der Waals surface area (Å²) in [6.07, 6.45) is 0. The maximum absolute atomic E-state index is 11.8. The van der Waals surface area contributed by atoms with E-state index in [9.17, 15) is 8.42 Å². The van der Waals surface area contributed by atoms with E-state index in [2.05, 4.69) is 5.16 Å². The Hall–Kier alpha value is -0.780. The average molecular weight is 310 g/mol. The van der Waals surface area contributed by atoms with Crippen LogP contribution in [-0.4, -0.2) is 30.3 Å². The molecule has 1 aromatic carbocycles.